The molecule has 0 saturated carbocycles. The maximum absolute atomic E-state index is 13.3. The Hall–Kier alpha value is -1.35. The molecular weight excluding hydrogens is 480 g/mol. The highest BCUT2D eigenvalue weighted by Crippen LogP contribution is 2.30. The first kappa shape index (κ1) is 23.7. The van der Waals surface area contributed by atoms with Gasteiger partial charge in [0.05, 0.1) is 12.9 Å². The molecule has 1 heterocycles. The highest BCUT2D eigenvalue weighted by Gasteiger charge is 2.23. The highest BCUT2D eigenvalue weighted by molar-refractivity contribution is 14.0. The zero-order valence-corrected chi connectivity index (χ0v) is 19.1. The Balaban J connectivity index is 0.00000364. The number of hydrogen-bond acceptors (Lipinski definition) is 2. The van der Waals surface area contributed by atoms with Crippen LogP contribution in [0.15, 0.2) is 41.9 Å². The predicted molar refractivity (Wildman–Crippen MR) is 121 cm³/mol. The summed E-state index contributed by atoms with van der Waals surface area (Å²) in [5, 5.41) is 7.03. The van der Waals surface area contributed by atoms with Crippen molar-refractivity contribution < 1.29 is 4.39 Å². The average molecular weight is 508 g/mol. The lowest BCUT2D eigenvalue weighted by molar-refractivity contribution is 0.534. The molecule has 0 fully saturated rings. The van der Waals surface area contributed by atoms with Crippen molar-refractivity contribution in [2.24, 2.45) is 4.99 Å². The third-order valence-electron chi connectivity index (χ3n) is 4.08. The second-order valence-electron chi connectivity index (χ2n) is 6.78. The summed E-state index contributed by atoms with van der Waals surface area (Å²) in [6.45, 7) is 9.17. The number of aromatic nitrogens is 2. The Morgan fingerprint density at radius 2 is 2.11 bits per heavy atom. The fourth-order valence-corrected chi connectivity index (χ4v) is 3.05. The second kappa shape index (κ2) is 11.5. The summed E-state index contributed by atoms with van der Waals surface area (Å²) in [6, 6.07) is 4.52. The van der Waals surface area contributed by atoms with E-state index in [2.05, 4.69) is 34.5 Å². The van der Waals surface area contributed by atoms with Crippen LogP contribution in [0.25, 0.3) is 0 Å². The van der Waals surface area contributed by atoms with E-state index in [1.54, 1.807) is 12.3 Å². The monoisotopic (exact) mass is 507 g/mol. The van der Waals surface area contributed by atoms with Crippen molar-refractivity contribution in [2.45, 2.75) is 39.2 Å². The molecule has 0 aliphatic carbocycles. The number of guanidine groups is 1. The topological polar surface area (TPSA) is 54.2 Å². The number of nitrogens with one attached hydrogen (secondary N) is 2. The lowest BCUT2D eigenvalue weighted by Gasteiger charge is -2.25. The number of aliphatic imine (C=N–C) groups is 1. The van der Waals surface area contributed by atoms with E-state index in [1.807, 2.05) is 24.0 Å². The van der Waals surface area contributed by atoms with E-state index < -0.39 is 0 Å². The molecule has 0 radical (unpaired) electrons. The summed E-state index contributed by atoms with van der Waals surface area (Å²) >= 11 is 6.21. The molecule has 0 bridgehead atoms. The summed E-state index contributed by atoms with van der Waals surface area (Å²) in [6.07, 6.45) is 6.51. The minimum atomic E-state index is -0.328. The molecule has 2 aromatic rings. The molecule has 0 saturated heterocycles. The normalized spacial score (nSPS) is 11.8. The van der Waals surface area contributed by atoms with Gasteiger partial charge in [0.2, 0.25) is 0 Å². The van der Waals surface area contributed by atoms with Crippen LogP contribution in [0.4, 0.5) is 4.39 Å². The quantitative estimate of drug-likeness (QED) is 0.244. The number of benzene rings is 1. The van der Waals surface area contributed by atoms with Gasteiger partial charge >= 0.3 is 0 Å². The maximum Gasteiger partial charge on any atom is 0.191 e. The van der Waals surface area contributed by atoms with Crippen LogP contribution in [0, 0.1) is 5.82 Å². The molecule has 1 aromatic heterocycles. The molecule has 5 nitrogen and oxygen atoms in total. The zero-order chi connectivity index (χ0) is 19.0. The smallest absolute Gasteiger partial charge is 0.191 e. The first-order valence-corrected chi connectivity index (χ1v) is 9.23. The molecule has 0 aliphatic rings. The molecule has 2 N–H and O–H groups in total. The Morgan fingerprint density at radius 3 is 2.74 bits per heavy atom. The zero-order valence-electron chi connectivity index (χ0n) is 16.0. The molecular formula is C19H28ClFIN5. The van der Waals surface area contributed by atoms with Gasteiger partial charge in [0.15, 0.2) is 5.96 Å². The van der Waals surface area contributed by atoms with Crippen molar-refractivity contribution in [3.8, 4) is 0 Å². The Kier molecular flexibility index (Phi) is 10.1. The molecule has 0 spiro atoms. The molecule has 0 aliphatic heterocycles. The van der Waals surface area contributed by atoms with Gasteiger partial charge in [-0.25, -0.2) is 9.37 Å². The van der Waals surface area contributed by atoms with Crippen molar-refractivity contribution in [2.75, 3.05) is 19.6 Å². The van der Waals surface area contributed by atoms with E-state index in [0.717, 1.165) is 37.6 Å². The first-order chi connectivity index (χ1) is 12.4. The number of rotatable bonds is 8. The van der Waals surface area contributed by atoms with Gasteiger partial charge in [-0.2, -0.15) is 0 Å². The summed E-state index contributed by atoms with van der Waals surface area (Å²) in [5.41, 5.74) is 0.587. The van der Waals surface area contributed by atoms with E-state index in [0.29, 0.717) is 11.6 Å². The lowest BCUT2D eigenvalue weighted by atomic mass is 9.84. The van der Waals surface area contributed by atoms with Gasteiger partial charge in [0.1, 0.15) is 5.82 Å². The van der Waals surface area contributed by atoms with Crippen LogP contribution in [-0.4, -0.2) is 35.1 Å². The van der Waals surface area contributed by atoms with Crippen LogP contribution >= 0.6 is 35.6 Å². The molecule has 0 amide bonds. The third-order valence-corrected chi connectivity index (χ3v) is 4.39. The van der Waals surface area contributed by atoms with Crippen molar-refractivity contribution >= 4 is 41.5 Å². The van der Waals surface area contributed by atoms with E-state index in [4.69, 9.17) is 11.6 Å². The Labute approximate surface area is 182 Å². The average Bonchev–Trinajstić information content (AvgIpc) is 3.09. The van der Waals surface area contributed by atoms with E-state index in [1.165, 1.54) is 12.1 Å². The van der Waals surface area contributed by atoms with Gasteiger partial charge in [0.25, 0.3) is 0 Å². The SMILES string of the molecule is CCNC(=NCC(C)(C)c1ccc(F)cc1Cl)NCCCn1ccnc1.I. The van der Waals surface area contributed by atoms with Gasteiger partial charge in [-0.05, 0) is 31.0 Å². The Morgan fingerprint density at radius 1 is 1.33 bits per heavy atom. The van der Waals surface area contributed by atoms with Gasteiger partial charge in [-0.15, -0.1) is 24.0 Å². The van der Waals surface area contributed by atoms with Crippen LogP contribution in [0.1, 0.15) is 32.8 Å². The number of halogens is 3. The molecule has 2 rings (SSSR count). The van der Waals surface area contributed by atoms with Crippen LogP contribution in [-0.2, 0) is 12.0 Å². The second-order valence-corrected chi connectivity index (χ2v) is 7.19. The molecule has 27 heavy (non-hydrogen) atoms. The fourth-order valence-electron chi connectivity index (χ4n) is 2.63. The number of aryl methyl sites for hydroxylation is 1. The Bertz CT molecular complexity index is 719. The van der Waals surface area contributed by atoms with Crippen molar-refractivity contribution in [3.63, 3.8) is 0 Å². The van der Waals surface area contributed by atoms with Gasteiger partial charge < -0.3 is 15.2 Å². The molecule has 150 valence electrons. The molecule has 1 aromatic carbocycles. The van der Waals surface area contributed by atoms with E-state index in [-0.39, 0.29) is 35.2 Å². The fraction of sp³-hybridized carbons (Fsp3) is 0.474. The third kappa shape index (κ3) is 7.65. The summed E-state index contributed by atoms with van der Waals surface area (Å²) in [5.74, 6) is 0.440. The molecule has 0 unspecified atom stereocenters. The van der Waals surface area contributed by atoms with Crippen LogP contribution in [0.3, 0.4) is 0 Å². The number of hydrogen-bond donors (Lipinski definition) is 2. The summed E-state index contributed by atoms with van der Waals surface area (Å²) in [4.78, 5) is 8.72. The number of nitrogens with zero attached hydrogens (tertiary/aromatic N) is 3. The van der Waals surface area contributed by atoms with Crippen LogP contribution in [0.5, 0.6) is 0 Å². The number of imidazole rings is 1. The minimum absolute atomic E-state index is 0. The standard InChI is InChI=1S/C19H27ClFN5.HI/c1-4-23-18(24-8-5-10-26-11-9-22-14-26)25-13-19(2,3)16-7-6-15(21)12-17(16)20;/h6-7,9,11-12,14H,4-5,8,10,13H2,1-3H3,(H2,23,24,25);1H. The van der Waals surface area contributed by atoms with Crippen LogP contribution < -0.4 is 10.6 Å². The van der Waals surface area contributed by atoms with E-state index >= 15 is 0 Å². The van der Waals surface area contributed by atoms with Crippen molar-refractivity contribution in [3.05, 3.63) is 53.3 Å². The predicted octanol–water partition coefficient (Wildman–Crippen LogP) is 4.22. The largest absolute Gasteiger partial charge is 0.357 e. The van der Waals surface area contributed by atoms with Crippen LogP contribution in [0.2, 0.25) is 5.02 Å². The molecule has 0 atom stereocenters. The summed E-state index contributed by atoms with van der Waals surface area (Å²) < 4.78 is 15.3. The maximum atomic E-state index is 13.3. The summed E-state index contributed by atoms with van der Waals surface area (Å²) in [7, 11) is 0. The van der Waals surface area contributed by atoms with Crippen molar-refractivity contribution in [1.82, 2.24) is 20.2 Å². The van der Waals surface area contributed by atoms with Gasteiger partial charge in [-0.1, -0.05) is 31.5 Å². The van der Waals surface area contributed by atoms with Crippen molar-refractivity contribution in [1.29, 1.82) is 0 Å². The van der Waals surface area contributed by atoms with Gasteiger partial charge in [0, 0.05) is 42.5 Å². The van der Waals surface area contributed by atoms with E-state index in [9.17, 15) is 4.39 Å². The highest BCUT2D eigenvalue weighted by atomic mass is 127. The molecule has 8 heteroatoms. The minimum Gasteiger partial charge on any atom is -0.357 e. The van der Waals surface area contributed by atoms with Gasteiger partial charge in [-0.3, -0.25) is 4.99 Å². The lowest BCUT2D eigenvalue weighted by Crippen LogP contribution is -2.39. The first-order valence-electron chi connectivity index (χ1n) is 8.86.